The fourth-order valence-corrected chi connectivity index (χ4v) is 3.15. The van der Waals surface area contributed by atoms with Gasteiger partial charge in [0.25, 0.3) is 6.43 Å². The average Bonchev–Trinajstić information content (AvgIpc) is 3.24. The predicted octanol–water partition coefficient (Wildman–Crippen LogP) is 3.23. The van der Waals surface area contributed by atoms with Crippen molar-refractivity contribution < 1.29 is 8.78 Å². The van der Waals surface area contributed by atoms with E-state index in [9.17, 15) is 8.78 Å². The minimum Gasteiger partial charge on any atom is -0.357 e. The quantitative estimate of drug-likeness (QED) is 0.721. The van der Waals surface area contributed by atoms with Crippen molar-refractivity contribution in [1.82, 2.24) is 19.8 Å². The van der Waals surface area contributed by atoms with Crippen LogP contribution in [0.3, 0.4) is 0 Å². The van der Waals surface area contributed by atoms with Crippen LogP contribution in [0, 0.1) is 0 Å². The second-order valence-corrected chi connectivity index (χ2v) is 6.32. The lowest BCUT2D eigenvalue weighted by atomic mass is 9.95. The number of fused-ring (bicyclic) bond motifs is 1. The molecule has 124 valence electrons. The van der Waals surface area contributed by atoms with Gasteiger partial charge in [-0.1, -0.05) is 30.3 Å². The first-order chi connectivity index (χ1) is 11.6. The maximum atomic E-state index is 13.0. The molecular weight excluding hydrogens is 312 g/mol. The number of hydrogen-bond acceptors (Lipinski definition) is 4. The van der Waals surface area contributed by atoms with Crippen molar-refractivity contribution in [3.05, 3.63) is 53.9 Å². The van der Waals surface area contributed by atoms with Crippen LogP contribution in [0.2, 0.25) is 0 Å². The highest BCUT2D eigenvalue weighted by molar-refractivity contribution is 5.47. The summed E-state index contributed by atoms with van der Waals surface area (Å²) >= 11 is 0. The molecule has 0 unspecified atom stereocenters. The first-order valence-electron chi connectivity index (χ1n) is 7.86. The van der Waals surface area contributed by atoms with Gasteiger partial charge in [0.2, 0.25) is 5.82 Å². The number of rotatable bonds is 5. The molecule has 24 heavy (non-hydrogen) atoms. The summed E-state index contributed by atoms with van der Waals surface area (Å²) in [7, 11) is 1.93. The molecule has 0 bridgehead atoms. The highest BCUT2D eigenvalue weighted by Gasteiger charge is 2.45. The summed E-state index contributed by atoms with van der Waals surface area (Å²) in [6.07, 6.45) is -0.455. The number of nitrogens with zero attached hydrogens (tertiary/aromatic N) is 5. The van der Waals surface area contributed by atoms with E-state index in [4.69, 9.17) is 0 Å². The van der Waals surface area contributed by atoms with Crippen LogP contribution in [0.4, 0.5) is 14.6 Å². The molecule has 0 amide bonds. The minimum absolute atomic E-state index is 0.130. The van der Waals surface area contributed by atoms with E-state index >= 15 is 0 Å². The number of hydrogen-bond donors (Lipinski definition) is 0. The molecule has 7 heteroatoms. The van der Waals surface area contributed by atoms with E-state index < -0.39 is 12.2 Å². The number of halogens is 2. The molecule has 0 aliphatic heterocycles. The molecule has 4 rings (SSSR count). The van der Waals surface area contributed by atoms with E-state index in [2.05, 4.69) is 27.4 Å². The van der Waals surface area contributed by atoms with Gasteiger partial charge >= 0.3 is 0 Å². The van der Waals surface area contributed by atoms with Crippen molar-refractivity contribution in [2.75, 3.05) is 18.5 Å². The molecule has 2 aromatic heterocycles. The standard InChI is InChI=1S/C17H17F2N5/c1-23(11-17(9-10-17)12-5-3-2-4-6-12)14-8-7-13-20-21-16(15(18)19)24(13)22-14/h2-8,15H,9-11H2,1H3. The molecule has 1 aliphatic rings. The van der Waals surface area contributed by atoms with E-state index in [0.29, 0.717) is 11.5 Å². The molecule has 0 spiro atoms. The summed E-state index contributed by atoms with van der Waals surface area (Å²) in [6.45, 7) is 0.793. The number of benzene rings is 1. The smallest absolute Gasteiger partial charge is 0.299 e. The van der Waals surface area contributed by atoms with Crippen molar-refractivity contribution in [3.8, 4) is 0 Å². The van der Waals surface area contributed by atoms with Gasteiger partial charge in [0.1, 0.15) is 5.82 Å². The van der Waals surface area contributed by atoms with Gasteiger partial charge in [-0.05, 0) is 30.5 Å². The molecule has 1 fully saturated rings. The molecule has 1 aliphatic carbocycles. The van der Waals surface area contributed by atoms with Crippen LogP contribution in [-0.4, -0.2) is 33.4 Å². The lowest BCUT2D eigenvalue weighted by Gasteiger charge is -2.25. The second-order valence-electron chi connectivity index (χ2n) is 6.32. The predicted molar refractivity (Wildman–Crippen MR) is 86.4 cm³/mol. The maximum Gasteiger partial charge on any atom is 0.299 e. The topological polar surface area (TPSA) is 46.3 Å². The largest absolute Gasteiger partial charge is 0.357 e. The van der Waals surface area contributed by atoms with Gasteiger partial charge in [0.15, 0.2) is 5.65 Å². The van der Waals surface area contributed by atoms with Crippen LogP contribution in [0.5, 0.6) is 0 Å². The van der Waals surface area contributed by atoms with Crippen LogP contribution < -0.4 is 4.90 Å². The normalized spacial score (nSPS) is 15.8. The molecule has 0 saturated heterocycles. The van der Waals surface area contributed by atoms with Crippen molar-refractivity contribution in [3.63, 3.8) is 0 Å². The zero-order valence-corrected chi connectivity index (χ0v) is 13.2. The summed E-state index contributed by atoms with van der Waals surface area (Å²) in [4.78, 5) is 2.01. The Balaban J connectivity index is 1.62. The number of alkyl halides is 2. The zero-order chi connectivity index (χ0) is 16.7. The molecule has 5 nitrogen and oxygen atoms in total. The third-order valence-corrected chi connectivity index (χ3v) is 4.64. The molecule has 0 radical (unpaired) electrons. The zero-order valence-electron chi connectivity index (χ0n) is 13.2. The van der Waals surface area contributed by atoms with Crippen LogP contribution in [0.1, 0.15) is 30.7 Å². The molecule has 0 atom stereocenters. The molecule has 0 N–H and O–H groups in total. The molecule has 1 aromatic carbocycles. The van der Waals surface area contributed by atoms with E-state index in [1.54, 1.807) is 12.1 Å². The first kappa shape index (κ1) is 15.0. The van der Waals surface area contributed by atoms with Crippen molar-refractivity contribution in [1.29, 1.82) is 0 Å². The first-order valence-corrected chi connectivity index (χ1v) is 7.86. The van der Waals surface area contributed by atoms with Gasteiger partial charge in [0.05, 0.1) is 0 Å². The minimum atomic E-state index is -2.70. The van der Waals surface area contributed by atoms with Gasteiger partial charge in [0, 0.05) is 19.0 Å². The highest BCUT2D eigenvalue weighted by atomic mass is 19.3. The third-order valence-electron chi connectivity index (χ3n) is 4.64. The molecular formula is C17H17F2N5. The SMILES string of the molecule is CN(CC1(c2ccccc2)CC1)c1ccc2nnc(C(F)F)n2n1. The average molecular weight is 329 g/mol. The summed E-state index contributed by atoms with van der Waals surface area (Å²) in [5.41, 5.74) is 1.77. The van der Waals surface area contributed by atoms with Crippen molar-refractivity contribution >= 4 is 11.5 Å². The van der Waals surface area contributed by atoms with Crippen molar-refractivity contribution in [2.24, 2.45) is 0 Å². The summed E-state index contributed by atoms with van der Waals surface area (Å²) in [5.74, 6) is 0.204. The summed E-state index contributed by atoms with van der Waals surface area (Å²) in [6, 6.07) is 13.9. The van der Waals surface area contributed by atoms with Gasteiger partial charge in [-0.15, -0.1) is 15.3 Å². The fourth-order valence-electron chi connectivity index (χ4n) is 3.15. The molecule has 1 saturated carbocycles. The monoisotopic (exact) mass is 329 g/mol. The lowest BCUT2D eigenvalue weighted by molar-refractivity contribution is 0.137. The fraction of sp³-hybridized carbons (Fsp3) is 0.353. The molecule has 3 aromatic rings. The molecule has 2 heterocycles. The van der Waals surface area contributed by atoms with Gasteiger partial charge in [-0.3, -0.25) is 0 Å². The highest BCUT2D eigenvalue weighted by Crippen LogP contribution is 2.48. The van der Waals surface area contributed by atoms with Crippen molar-refractivity contribution in [2.45, 2.75) is 24.7 Å². The van der Waals surface area contributed by atoms with Gasteiger partial charge < -0.3 is 4.90 Å². The van der Waals surface area contributed by atoms with E-state index in [1.165, 1.54) is 5.56 Å². The Morgan fingerprint density at radius 3 is 2.54 bits per heavy atom. The Kier molecular flexibility index (Phi) is 3.44. The Hall–Kier alpha value is -2.57. The van der Waals surface area contributed by atoms with E-state index in [-0.39, 0.29) is 5.41 Å². The van der Waals surface area contributed by atoms with Crippen LogP contribution in [0.15, 0.2) is 42.5 Å². The van der Waals surface area contributed by atoms with Crippen LogP contribution >= 0.6 is 0 Å². The second kappa shape index (κ2) is 5.51. The summed E-state index contributed by atoms with van der Waals surface area (Å²) < 4.78 is 27.1. The van der Waals surface area contributed by atoms with Gasteiger partial charge in [-0.25, -0.2) is 8.78 Å². The van der Waals surface area contributed by atoms with Crippen LogP contribution in [-0.2, 0) is 5.41 Å². The Morgan fingerprint density at radius 2 is 1.88 bits per heavy atom. The number of anilines is 1. The Bertz CT molecular complexity index is 858. The van der Waals surface area contributed by atoms with E-state index in [1.807, 2.05) is 30.1 Å². The maximum absolute atomic E-state index is 13.0. The number of likely N-dealkylation sites (N-methyl/N-ethyl adjacent to an activating group) is 1. The Morgan fingerprint density at radius 1 is 1.12 bits per heavy atom. The lowest BCUT2D eigenvalue weighted by Crippen LogP contribution is -2.30. The van der Waals surface area contributed by atoms with Crippen LogP contribution in [0.25, 0.3) is 5.65 Å². The van der Waals surface area contributed by atoms with E-state index in [0.717, 1.165) is 23.9 Å². The Labute approximate surface area is 137 Å². The van der Waals surface area contributed by atoms with Gasteiger partial charge in [-0.2, -0.15) is 4.52 Å². The third kappa shape index (κ3) is 2.50. The number of aromatic nitrogens is 4. The summed E-state index contributed by atoms with van der Waals surface area (Å²) in [5, 5.41) is 11.5.